The molecule has 7 heteroatoms. The Morgan fingerprint density at radius 2 is 2.22 bits per heavy atom. The van der Waals surface area contributed by atoms with Gasteiger partial charge in [0.05, 0.1) is 18.0 Å². The smallest absolute Gasteiger partial charge is 0.271 e. The summed E-state index contributed by atoms with van der Waals surface area (Å²) >= 11 is 0. The lowest BCUT2D eigenvalue weighted by atomic mass is 9.99. The second-order valence-electron chi connectivity index (χ2n) is 6.93. The second kappa shape index (κ2) is 7.05. The summed E-state index contributed by atoms with van der Waals surface area (Å²) in [6, 6.07) is 5.35. The van der Waals surface area contributed by atoms with E-state index < -0.39 is 10.0 Å². The van der Waals surface area contributed by atoms with Crippen LogP contribution in [0.3, 0.4) is 0 Å². The number of ether oxygens (including phenoxy) is 1. The Labute approximate surface area is 160 Å². The fourth-order valence-electron chi connectivity index (χ4n) is 4.03. The molecular formula is C20H25N3O3S. The van der Waals surface area contributed by atoms with E-state index in [0.717, 1.165) is 42.7 Å². The van der Waals surface area contributed by atoms with Gasteiger partial charge in [-0.1, -0.05) is 18.2 Å². The molecule has 27 heavy (non-hydrogen) atoms. The number of fused-ring (bicyclic) bond motifs is 1. The molecule has 1 unspecified atom stereocenters. The Hall–Kier alpha value is -2.25. The van der Waals surface area contributed by atoms with E-state index in [2.05, 4.69) is 10.6 Å². The number of hydrogen-bond donors (Lipinski definition) is 2. The summed E-state index contributed by atoms with van der Waals surface area (Å²) in [5.74, 6) is 0.790. The van der Waals surface area contributed by atoms with Crippen molar-refractivity contribution in [3.05, 3.63) is 47.3 Å². The molecule has 2 N–H and O–H groups in total. The van der Waals surface area contributed by atoms with Crippen molar-refractivity contribution < 1.29 is 13.2 Å². The fraction of sp³-hybridized carbons (Fsp3) is 0.400. The van der Waals surface area contributed by atoms with Crippen molar-refractivity contribution in [2.45, 2.75) is 30.6 Å². The number of rotatable bonds is 5. The van der Waals surface area contributed by atoms with Crippen LogP contribution in [0.4, 0.5) is 5.69 Å². The monoisotopic (exact) mass is 387 g/mol. The molecule has 6 nitrogen and oxygen atoms in total. The van der Waals surface area contributed by atoms with E-state index in [0.29, 0.717) is 24.0 Å². The lowest BCUT2D eigenvalue weighted by molar-refractivity contribution is 0.348. The van der Waals surface area contributed by atoms with Gasteiger partial charge in [0.2, 0.25) is 0 Å². The molecule has 0 spiro atoms. The van der Waals surface area contributed by atoms with E-state index in [4.69, 9.17) is 4.74 Å². The highest BCUT2D eigenvalue weighted by atomic mass is 32.2. The first-order valence-corrected chi connectivity index (χ1v) is 10.8. The van der Waals surface area contributed by atoms with Gasteiger partial charge in [-0.2, -0.15) is 0 Å². The normalized spacial score (nSPS) is 19.4. The number of anilines is 1. The number of allylic oxidation sites excluding steroid dienone is 1. The van der Waals surface area contributed by atoms with Gasteiger partial charge in [-0.15, -0.1) is 0 Å². The first-order chi connectivity index (χ1) is 13.1. The molecular weight excluding hydrogens is 362 g/mol. The van der Waals surface area contributed by atoms with Gasteiger partial charge in [0.15, 0.2) is 0 Å². The van der Waals surface area contributed by atoms with Crippen molar-refractivity contribution in [2.24, 2.45) is 0 Å². The predicted molar refractivity (Wildman–Crippen MR) is 107 cm³/mol. The molecule has 0 amide bonds. The van der Waals surface area contributed by atoms with Gasteiger partial charge in [-0.25, -0.2) is 12.4 Å². The third-order valence-electron chi connectivity index (χ3n) is 5.33. The topological polar surface area (TPSA) is 72.4 Å². The zero-order valence-corrected chi connectivity index (χ0v) is 16.5. The highest BCUT2D eigenvalue weighted by Gasteiger charge is 2.31. The second-order valence-corrected chi connectivity index (χ2v) is 8.71. The highest BCUT2D eigenvalue weighted by molar-refractivity contribution is 7.90. The van der Waals surface area contributed by atoms with Gasteiger partial charge in [0.1, 0.15) is 10.6 Å². The fourth-order valence-corrected chi connectivity index (χ4v) is 5.58. The zero-order valence-electron chi connectivity index (χ0n) is 15.7. The van der Waals surface area contributed by atoms with E-state index in [9.17, 15) is 8.42 Å². The minimum atomic E-state index is -3.78. The number of aromatic nitrogens is 1. The van der Waals surface area contributed by atoms with E-state index in [1.54, 1.807) is 18.3 Å². The Balaban J connectivity index is 1.91. The molecule has 0 radical (unpaired) electrons. The van der Waals surface area contributed by atoms with Crippen LogP contribution < -0.4 is 15.4 Å². The third kappa shape index (κ3) is 2.95. The van der Waals surface area contributed by atoms with Crippen LogP contribution in [-0.4, -0.2) is 39.1 Å². The number of benzene rings is 1. The summed E-state index contributed by atoms with van der Waals surface area (Å²) in [5, 5.41) is 6.59. The minimum Gasteiger partial charge on any atom is -0.492 e. The number of nitrogens with one attached hydrogen (secondary N) is 2. The van der Waals surface area contributed by atoms with Gasteiger partial charge in [0, 0.05) is 32.1 Å². The summed E-state index contributed by atoms with van der Waals surface area (Å²) in [5.41, 5.74) is 3.51. The van der Waals surface area contributed by atoms with Gasteiger partial charge in [-0.3, -0.25) is 0 Å². The molecule has 1 aromatic carbocycles. The summed E-state index contributed by atoms with van der Waals surface area (Å²) in [7, 11) is -1.94. The number of para-hydroxylation sites is 1. The third-order valence-corrected chi connectivity index (χ3v) is 7.03. The molecule has 3 heterocycles. The van der Waals surface area contributed by atoms with Crippen LogP contribution in [0, 0.1) is 0 Å². The van der Waals surface area contributed by atoms with Gasteiger partial charge in [-0.05, 0) is 43.2 Å². The van der Waals surface area contributed by atoms with Crippen molar-refractivity contribution in [2.75, 3.05) is 32.1 Å². The largest absolute Gasteiger partial charge is 0.492 e. The summed E-state index contributed by atoms with van der Waals surface area (Å²) in [6.07, 6.45) is 7.23. The molecule has 2 aliphatic heterocycles. The van der Waals surface area contributed by atoms with Crippen molar-refractivity contribution in [3.8, 4) is 5.75 Å². The van der Waals surface area contributed by atoms with E-state index in [1.165, 1.54) is 3.97 Å². The van der Waals surface area contributed by atoms with Crippen LogP contribution >= 0.6 is 0 Å². The molecule has 1 aromatic heterocycles. The van der Waals surface area contributed by atoms with Crippen LogP contribution in [-0.2, 0) is 16.4 Å². The molecule has 0 saturated carbocycles. The van der Waals surface area contributed by atoms with Crippen LogP contribution in [0.1, 0.15) is 36.1 Å². The van der Waals surface area contributed by atoms with E-state index >= 15 is 0 Å². The van der Waals surface area contributed by atoms with Gasteiger partial charge >= 0.3 is 0 Å². The highest BCUT2D eigenvalue weighted by Crippen LogP contribution is 2.39. The number of nitrogens with zero attached hydrogens (tertiary/aromatic N) is 1. The van der Waals surface area contributed by atoms with Crippen molar-refractivity contribution in [3.63, 3.8) is 0 Å². The van der Waals surface area contributed by atoms with E-state index in [1.807, 2.05) is 32.2 Å². The average Bonchev–Trinajstić information content (AvgIpc) is 3.40. The first kappa shape index (κ1) is 18.1. The molecule has 1 fully saturated rings. The first-order valence-electron chi connectivity index (χ1n) is 9.34. The maximum Gasteiger partial charge on any atom is 0.271 e. The Morgan fingerprint density at radius 3 is 2.93 bits per heavy atom. The molecule has 2 aromatic rings. The van der Waals surface area contributed by atoms with Gasteiger partial charge in [0.25, 0.3) is 10.0 Å². The lowest BCUT2D eigenvalue weighted by Crippen LogP contribution is -2.15. The Morgan fingerprint density at radius 1 is 1.37 bits per heavy atom. The quantitative estimate of drug-likeness (QED) is 0.825. The Bertz CT molecular complexity index is 986. The minimum absolute atomic E-state index is 0.233. The molecule has 1 atom stereocenters. The Kier molecular flexibility index (Phi) is 4.74. The standard InChI is InChI=1S/C20H25N3O3S/c1-3-5-17-19(21-2)16(15-8-10-22-12-15)13-23(17)27(24,25)18-7-4-6-14-9-11-26-20(14)18/h3-7,13,15,21-22H,8-12H2,1-2H3/b5-3-. The van der Waals surface area contributed by atoms with Crippen LogP contribution in [0.25, 0.3) is 6.08 Å². The molecule has 0 bridgehead atoms. The summed E-state index contributed by atoms with van der Waals surface area (Å²) < 4.78 is 34.3. The zero-order chi connectivity index (χ0) is 19.0. The average molecular weight is 388 g/mol. The summed E-state index contributed by atoms with van der Waals surface area (Å²) in [4.78, 5) is 0.233. The van der Waals surface area contributed by atoms with Crippen LogP contribution in [0.15, 0.2) is 35.4 Å². The predicted octanol–water partition coefficient (Wildman–Crippen LogP) is 2.81. The van der Waals surface area contributed by atoms with E-state index in [-0.39, 0.29) is 4.90 Å². The number of hydrogen-bond acceptors (Lipinski definition) is 5. The van der Waals surface area contributed by atoms with Crippen molar-refractivity contribution in [1.82, 2.24) is 9.29 Å². The van der Waals surface area contributed by atoms with Crippen LogP contribution in [0.2, 0.25) is 0 Å². The molecule has 1 saturated heterocycles. The molecule has 144 valence electrons. The van der Waals surface area contributed by atoms with Crippen molar-refractivity contribution in [1.29, 1.82) is 0 Å². The molecule has 2 aliphatic rings. The molecule has 0 aliphatic carbocycles. The SMILES string of the molecule is C/C=C\c1c(NC)c(C2CCNC2)cn1S(=O)(=O)c1cccc2c1OCC2. The molecule has 4 rings (SSSR count). The maximum absolute atomic E-state index is 13.6. The van der Waals surface area contributed by atoms with Crippen molar-refractivity contribution >= 4 is 21.8 Å². The van der Waals surface area contributed by atoms with Gasteiger partial charge < -0.3 is 15.4 Å². The lowest BCUT2D eigenvalue weighted by Gasteiger charge is -2.12. The summed E-state index contributed by atoms with van der Waals surface area (Å²) in [6.45, 7) is 4.22. The maximum atomic E-state index is 13.6. The van der Waals surface area contributed by atoms with Crippen LogP contribution in [0.5, 0.6) is 5.75 Å².